The van der Waals surface area contributed by atoms with Gasteiger partial charge in [0.05, 0.1) is 5.52 Å². The molecule has 0 spiro atoms. The molecule has 1 atom stereocenters. The van der Waals surface area contributed by atoms with Crippen LogP contribution in [0.25, 0.3) is 11.1 Å². The highest BCUT2D eigenvalue weighted by Crippen LogP contribution is 2.12. The Balaban J connectivity index is 1.62. The third-order valence-corrected chi connectivity index (χ3v) is 4.20. The molecule has 7 nitrogen and oxygen atoms in total. The number of fused-ring (bicyclic) bond motifs is 1. The molecule has 8 heteroatoms. The first-order valence-corrected chi connectivity index (χ1v) is 8.62. The molecule has 0 unspecified atom stereocenters. The Bertz CT molecular complexity index is 1070. The van der Waals surface area contributed by atoms with Crippen molar-refractivity contribution in [1.29, 1.82) is 0 Å². The molecule has 3 rings (SSSR count). The number of ether oxygens (including phenoxy) is 1. The standard InChI is InChI=1S/C20H19FN2O5/c1-13(19(25)22(2)11-14-6-5-7-15(21)10-14)27-18(24)12-23-16-8-3-4-9-17(16)28-20(23)26/h3-10,13H,11-12H2,1-2H3/t13-/m0/s1. The van der Waals surface area contributed by atoms with Gasteiger partial charge < -0.3 is 14.1 Å². The second-order valence-corrected chi connectivity index (χ2v) is 6.38. The van der Waals surface area contributed by atoms with Crippen LogP contribution in [0.15, 0.2) is 57.7 Å². The lowest BCUT2D eigenvalue weighted by atomic mass is 10.2. The molecule has 28 heavy (non-hydrogen) atoms. The van der Waals surface area contributed by atoms with Gasteiger partial charge in [0.2, 0.25) is 0 Å². The maximum atomic E-state index is 13.3. The predicted molar refractivity (Wildman–Crippen MR) is 98.9 cm³/mol. The topological polar surface area (TPSA) is 81.7 Å². The summed E-state index contributed by atoms with van der Waals surface area (Å²) < 4.78 is 24.6. The molecule has 0 saturated heterocycles. The van der Waals surface area contributed by atoms with Crippen LogP contribution >= 0.6 is 0 Å². The predicted octanol–water partition coefficient (Wildman–Crippen LogP) is 2.32. The van der Waals surface area contributed by atoms with E-state index in [9.17, 15) is 18.8 Å². The van der Waals surface area contributed by atoms with Gasteiger partial charge in [0.15, 0.2) is 11.7 Å². The zero-order chi connectivity index (χ0) is 20.3. The molecule has 1 aromatic heterocycles. The van der Waals surface area contributed by atoms with Gasteiger partial charge in [-0.25, -0.2) is 9.18 Å². The van der Waals surface area contributed by atoms with E-state index in [1.165, 1.54) is 31.0 Å². The lowest BCUT2D eigenvalue weighted by Crippen LogP contribution is -2.38. The number of esters is 1. The average Bonchev–Trinajstić information content (AvgIpc) is 2.96. The number of carbonyl (C=O) groups excluding carboxylic acids is 2. The van der Waals surface area contributed by atoms with Gasteiger partial charge in [0, 0.05) is 13.6 Å². The molecule has 2 aromatic carbocycles. The van der Waals surface area contributed by atoms with Gasteiger partial charge in [0.25, 0.3) is 5.91 Å². The molecule has 146 valence electrons. The van der Waals surface area contributed by atoms with Crippen LogP contribution in [0.5, 0.6) is 0 Å². The van der Waals surface area contributed by atoms with Gasteiger partial charge in [-0.05, 0) is 36.8 Å². The van der Waals surface area contributed by atoms with Crippen LogP contribution in [0, 0.1) is 5.82 Å². The van der Waals surface area contributed by atoms with Gasteiger partial charge in [0.1, 0.15) is 12.4 Å². The fraction of sp³-hybridized carbons (Fsp3) is 0.250. The monoisotopic (exact) mass is 386 g/mol. The highest BCUT2D eigenvalue weighted by Gasteiger charge is 2.23. The maximum absolute atomic E-state index is 13.3. The molecular formula is C20H19FN2O5. The zero-order valence-electron chi connectivity index (χ0n) is 15.4. The molecule has 0 aliphatic carbocycles. The van der Waals surface area contributed by atoms with Crippen LogP contribution in [-0.2, 0) is 27.4 Å². The van der Waals surface area contributed by atoms with Gasteiger partial charge in [-0.3, -0.25) is 14.2 Å². The number of halogens is 1. The molecule has 1 heterocycles. The summed E-state index contributed by atoms with van der Waals surface area (Å²) in [6.45, 7) is 1.24. The van der Waals surface area contributed by atoms with Crippen molar-refractivity contribution in [3.63, 3.8) is 0 Å². The second-order valence-electron chi connectivity index (χ2n) is 6.38. The van der Waals surface area contributed by atoms with Crippen molar-refractivity contribution in [3.8, 4) is 0 Å². The molecular weight excluding hydrogens is 367 g/mol. The molecule has 0 fully saturated rings. The summed E-state index contributed by atoms with van der Waals surface area (Å²) in [5.74, 6) is -2.26. The molecule has 0 aliphatic rings. The highest BCUT2D eigenvalue weighted by atomic mass is 19.1. The van der Waals surface area contributed by atoms with Crippen LogP contribution in [0.4, 0.5) is 4.39 Å². The fourth-order valence-electron chi connectivity index (χ4n) is 2.88. The lowest BCUT2D eigenvalue weighted by molar-refractivity contribution is -0.159. The van der Waals surface area contributed by atoms with E-state index in [0.29, 0.717) is 16.7 Å². The Morgan fingerprint density at radius 3 is 2.71 bits per heavy atom. The summed E-state index contributed by atoms with van der Waals surface area (Å²) in [5.41, 5.74) is 1.44. The van der Waals surface area contributed by atoms with Crippen molar-refractivity contribution in [2.45, 2.75) is 26.1 Å². The van der Waals surface area contributed by atoms with Crippen LogP contribution < -0.4 is 5.76 Å². The summed E-state index contributed by atoms with van der Waals surface area (Å²) in [6.07, 6.45) is -1.06. The number of benzene rings is 2. The van der Waals surface area contributed by atoms with Crippen LogP contribution in [0.1, 0.15) is 12.5 Å². The number of likely N-dealkylation sites (N-methyl/N-ethyl adjacent to an activating group) is 1. The lowest BCUT2D eigenvalue weighted by Gasteiger charge is -2.21. The smallest absolute Gasteiger partial charge is 0.420 e. The highest BCUT2D eigenvalue weighted by molar-refractivity contribution is 5.83. The Hall–Kier alpha value is -3.42. The Morgan fingerprint density at radius 1 is 1.21 bits per heavy atom. The number of hydrogen-bond donors (Lipinski definition) is 0. The first-order valence-electron chi connectivity index (χ1n) is 8.62. The average molecular weight is 386 g/mol. The maximum Gasteiger partial charge on any atom is 0.420 e. The first kappa shape index (κ1) is 19.3. The fourth-order valence-corrected chi connectivity index (χ4v) is 2.88. The van der Waals surface area contributed by atoms with Crippen LogP contribution in [0.3, 0.4) is 0 Å². The Labute approximate surface area is 159 Å². The second kappa shape index (κ2) is 8.08. The van der Waals surface area contributed by atoms with Crippen molar-refractivity contribution >= 4 is 23.0 Å². The van der Waals surface area contributed by atoms with Gasteiger partial charge in [-0.1, -0.05) is 24.3 Å². The third kappa shape index (κ3) is 4.28. The van der Waals surface area contributed by atoms with Crippen LogP contribution in [0.2, 0.25) is 0 Å². The van der Waals surface area contributed by atoms with Crippen molar-refractivity contribution in [1.82, 2.24) is 9.47 Å². The van der Waals surface area contributed by atoms with Gasteiger partial charge in [-0.2, -0.15) is 0 Å². The minimum atomic E-state index is -1.06. The molecule has 1 amide bonds. The summed E-state index contributed by atoms with van der Waals surface area (Å²) in [5, 5.41) is 0. The van der Waals surface area contributed by atoms with Gasteiger partial charge >= 0.3 is 11.7 Å². The van der Waals surface area contributed by atoms with E-state index in [0.717, 1.165) is 4.57 Å². The number of para-hydroxylation sites is 2. The molecule has 0 N–H and O–H groups in total. The minimum Gasteiger partial charge on any atom is -0.451 e. The van der Waals surface area contributed by atoms with Crippen molar-refractivity contribution in [2.75, 3.05) is 7.05 Å². The summed E-state index contributed by atoms with van der Waals surface area (Å²) >= 11 is 0. The van der Waals surface area contributed by atoms with Crippen molar-refractivity contribution in [2.24, 2.45) is 0 Å². The van der Waals surface area contributed by atoms with Crippen LogP contribution in [-0.4, -0.2) is 34.5 Å². The van der Waals surface area contributed by atoms with E-state index < -0.39 is 29.6 Å². The van der Waals surface area contributed by atoms with Gasteiger partial charge in [-0.15, -0.1) is 0 Å². The minimum absolute atomic E-state index is 0.171. The normalized spacial score (nSPS) is 12.0. The SMILES string of the molecule is C[C@H](OC(=O)Cn1c(=O)oc2ccccc21)C(=O)N(C)Cc1cccc(F)c1. The van der Waals surface area contributed by atoms with E-state index in [1.54, 1.807) is 36.4 Å². The summed E-state index contributed by atoms with van der Waals surface area (Å²) in [6, 6.07) is 12.6. The quantitative estimate of drug-likeness (QED) is 0.608. The molecule has 0 radical (unpaired) electrons. The number of carbonyl (C=O) groups is 2. The van der Waals surface area contributed by atoms with E-state index in [-0.39, 0.29) is 13.1 Å². The first-order chi connectivity index (χ1) is 13.3. The van der Waals surface area contributed by atoms with E-state index >= 15 is 0 Å². The number of nitrogens with zero attached hydrogens (tertiary/aromatic N) is 2. The zero-order valence-corrected chi connectivity index (χ0v) is 15.4. The number of oxazole rings is 1. The largest absolute Gasteiger partial charge is 0.451 e. The van der Waals surface area contributed by atoms with E-state index in [4.69, 9.17) is 9.15 Å². The molecule has 0 aliphatic heterocycles. The van der Waals surface area contributed by atoms with Crippen molar-refractivity contribution < 1.29 is 23.1 Å². The van der Waals surface area contributed by atoms with E-state index in [2.05, 4.69) is 0 Å². The summed E-state index contributed by atoms with van der Waals surface area (Å²) in [7, 11) is 1.53. The van der Waals surface area contributed by atoms with Crippen molar-refractivity contribution in [3.05, 3.63) is 70.5 Å². The number of rotatable bonds is 6. The number of aromatic nitrogens is 1. The molecule has 0 saturated carbocycles. The Morgan fingerprint density at radius 2 is 1.96 bits per heavy atom. The molecule has 0 bridgehead atoms. The number of amides is 1. The third-order valence-electron chi connectivity index (χ3n) is 4.20. The molecule has 3 aromatic rings. The Kier molecular flexibility index (Phi) is 5.58. The van der Waals surface area contributed by atoms with E-state index in [1.807, 2.05) is 0 Å². The number of hydrogen-bond acceptors (Lipinski definition) is 5. The summed E-state index contributed by atoms with van der Waals surface area (Å²) in [4.78, 5) is 37.9.